The van der Waals surface area contributed by atoms with Crippen molar-refractivity contribution in [2.24, 2.45) is 0 Å². The quantitative estimate of drug-likeness (QED) is 0.825. The summed E-state index contributed by atoms with van der Waals surface area (Å²) < 4.78 is 34.5. The van der Waals surface area contributed by atoms with Gasteiger partial charge in [-0.2, -0.15) is 4.31 Å². The molecule has 2 aromatic rings. The molecule has 0 aliphatic carbocycles. The Morgan fingerprint density at radius 1 is 1.04 bits per heavy atom. The molecule has 26 heavy (non-hydrogen) atoms. The van der Waals surface area contributed by atoms with E-state index in [1.165, 1.54) is 0 Å². The van der Waals surface area contributed by atoms with Crippen LogP contribution in [0.25, 0.3) is 0 Å². The molecule has 1 aromatic heterocycles. The van der Waals surface area contributed by atoms with Gasteiger partial charge in [0.1, 0.15) is 11.9 Å². The number of aryl methyl sites for hydroxylation is 2. The minimum atomic E-state index is -3.47. The Labute approximate surface area is 155 Å². The molecule has 2 atom stereocenters. The van der Waals surface area contributed by atoms with Crippen molar-refractivity contribution in [2.45, 2.75) is 62.6 Å². The lowest BCUT2D eigenvalue weighted by atomic mass is 10.0. The van der Waals surface area contributed by atoms with Crippen LogP contribution in [0.4, 0.5) is 0 Å². The second-order valence-electron chi connectivity index (χ2n) is 7.38. The number of hydrogen-bond donors (Lipinski definition) is 0. The lowest BCUT2D eigenvalue weighted by molar-refractivity contribution is 0.0956. The normalized spacial score (nSPS) is 26.0. The Kier molecular flexibility index (Phi) is 4.49. The second kappa shape index (κ2) is 6.67. The van der Waals surface area contributed by atoms with Crippen LogP contribution in [0.3, 0.4) is 0 Å². The Balaban J connectivity index is 1.56. The molecule has 2 aliphatic heterocycles. The molecule has 2 aliphatic rings. The van der Waals surface area contributed by atoms with E-state index in [1.807, 2.05) is 38.1 Å². The highest BCUT2D eigenvalue weighted by molar-refractivity contribution is 7.89. The predicted octanol–water partition coefficient (Wildman–Crippen LogP) is 3.46. The number of pyridine rings is 1. The highest BCUT2D eigenvalue weighted by atomic mass is 32.2. The minimum Gasteiger partial charge on any atom is -0.490 e. The summed E-state index contributed by atoms with van der Waals surface area (Å²) in [5.41, 5.74) is 1.90. The van der Waals surface area contributed by atoms with Crippen molar-refractivity contribution >= 4 is 10.0 Å². The van der Waals surface area contributed by atoms with Crippen LogP contribution in [0.2, 0.25) is 0 Å². The van der Waals surface area contributed by atoms with E-state index in [0.29, 0.717) is 4.90 Å². The molecule has 2 bridgehead atoms. The third-order valence-electron chi connectivity index (χ3n) is 5.46. The van der Waals surface area contributed by atoms with Crippen molar-refractivity contribution < 1.29 is 13.2 Å². The van der Waals surface area contributed by atoms with E-state index in [4.69, 9.17) is 4.74 Å². The Morgan fingerprint density at radius 2 is 1.69 bits per heavy atom. The first-order valence-electron chi connectivity index (χ1n) is 9.12. The fraction of sp³-hybridized carbons (Fsp3) is 0.450. The van der Waals surface area contributed by atoms with Crippen molar-refractivity contribution in [2.75, 3.05) is 0 Å². The highest BCUT2D eigenvalue weighted by Crippen LogP contribution is 2.41. The number of sulfonamides is 1. The molecule has 0 N–H and O–H groups in total. The monoisotopic (exact) mass is 372 g/mol. The van der Waals surface area contributed by atoms with Crippen molar-refractivity contribution in [3.05, 3.63) is 53.9 Å². The number of piperidine rings is 1. The largest absolute Gasteiger partial charge is 0.490 e. The molecular weight excluding hydrogens is 348 g/mol. The van der Waals surface area contributed by atoms with E-state index < -0.39 is 10.0 Å². The van der Waals surface area contributed by atoms with Gasteiger partial charge in [0, 0.05) is 37.3 Å². The van der Waals surface area contributed by atoms with Crippen LogP contribution in [0.15, 0.2) is 47.6 Å². The molecule has 0 amide bonds. The number of fused-ring (bicyclic) bond motifs is 2. The van der Waals surface area contributed by atoms with Gasteiger partial charge in [-0.05, 0) is 50.5 Å². The van der Waals surface area contributed by atoms with E-state index >= 15 is 0 Å². The van der Waals surface area contributed by atoms with E-state index in [0.717, 1.165) is 42.6 Å². The number of benzene rings is 1. The molecule has 2 fully saturated rings. The molecule has 4 rings (SSSR count). The molecule has 0 saturated carbocycles. The van der Waals surface area contributed by atoms with Gasteiger partial charge in [0.2, 0.25) is 10.0 Å². The van der Waals surface area contributed by atoms with Crippen LogP contribution in [0.5, 0.6) is 5.75 Å². The van der Waals surface area contributed by atoms with E-state index in [1.54, 1.807) is 22.8 Å². The molecule has 138 valence electrons. The van der Waals surface area contributed by atoms with E-state index in [9.17, 15) is 8.42 Å². The molecule has 0 radical (unpaired) electrons. The summed E-state index contributed by atoms with van der Waals surface area (Å²) in [6.45, 7) is 3.86. The Morgan fingerprint density at radius 3 is 2.31 bits per heavy atom. The van der Waals surface area contributed by atoms with Gasteiger partial charge in [-0.1, -0.05) is 17.7 Å². The van der Waals surface area contributed by atoms with Crippen molar-refractivity contribution in [1.82, 2.24) is 9.29 Å². The molecule has 1 aromatic carbocycles. The first-order chi connectivity index (χ1) is 12.4. The fourth-order valence-corrected chi connectivity index (χ4v) is 6.49. The fourth-order valence-electron chi connectivity index (χ4n) is 4.38. The maximum atomic E-state index is 13.3. The third kappa shape index (κ3) is 3.12. The molecule has 5 nitrogen and oxygen atoms in total. The predicted molar refractivity (Wildman–Crippen MR) is 99.6 cm³/mol. The van der Waals surface area contributed by atoms with Crippen LogP contribution in [-0.4, -0.2) is 35.9 Å². The van der Waals surface area contributed by atoms with Crippen LogP contribution in [-0.2, 0) is 10.0 Å². The third-order valence-corrected chi connectivity index (χ3v) is 7.63. The van der Waals surface area contributed by atoms with Gasteiger partial charge in [0.15, 0.2) is 0 Å². The molecule has 2 saturated heterocycles. The number of aromatic nitrogens is 1. The van der Waals surface area contributed by atoms with Crippen molar-refractivity contribution in [3.63, 3.8) is 0 Å². The SMILES string of the molecule is Cc1ccc(S(=O)(=O)N2C3CCC2CC(Oc2ccncc2)C3)c(C)c1. The first-order valence-corrected chi connectivity index (χ1v) is 10.6. The van der Waals surface area contributed by atoms with Gasteiger partial charge in [-0.3, -0.25) is 4.98 Å². The highest BCUT2D eigenvalue weighted by Gasteiger charge is 2.48. The summed E-state index contributed by atoms with van der Waals surface area (Å²) in [7, 11) is -3.47. The van der Waals surface area contributed by atoms with Gasteiger partial charge in [0.05, 0.1) is 4.90 Å². The van der Waals surface area contributed by atoms with Crippen molar-refractivity contribution in [1.29, 1.82) is 0 Å². The van der Waals surface area contributed by atoms with Gasteiger partial charge < -0.3 is 4.74 Å². The number of nitrogens with zero attached hydrogens (tertiary/aromatic N) is 2. The maximum absolute atomic E-state index is 13.3. The smallest absolute Gasteiger partial charge is 0.243 e. The molecule has 0 spiro atoms. The van der Waals surface area contributed by atoms with E-state index in [-0.39, 0.29) is 18.2 Å². The molecule has 3 heterocycles. The Bertz CT molecular complexity index is 885. The van der Waals surface area contributed by atoms with Gasteiger partial charge in [-0.15, -0.1) is 0 Å². The Hall–Kier alpha value is -1.92. The topological polar surface area (TPSA) is 59.5 Å². The molecule has 6 heteroatoms. The maximum Gasteiger partial charge on any atom is 0.243 e. The number of rotatable bonds is 4. The zero-order valence-corrected chi connectivity index (χ0v) is 15.9. The van der Waals surface area contributed by atoms with Crippen LogP contribution in [0, 0.1) is 13.8 Å². The number of ether oxygens (including phenoxy) is 1. The molecule has 2 unspecified atom stereocenters. The average molecular weight is 372 g/mol. The van der Waals surface area contributed by atoms with Gasteiger partial charge in [0.25, 0.3) is 0 Å². The zero-order valence-electron chi connectivity index (χ0n) is 15.1. The van der Waals surface area contributed by atoms with Crippen LogP contribution >= 0.6 is 0 Å². The summed E-state index contributed by atoms with van der Waals surface area (Å²) in [5.74, 6) is 0.801. The standard InChI is InChI=1S/C20H24N2O3S/c1-14-3-6-20(15(2)11-14)26(23,24)22-16-4-5-17(22)13-19(12-16)25-18-7-9-21-10-8-18/h3,6-11,16-17,19H,4-5,12-13H2,1-2H3. The summed E-state index contributed by atoms with van der Waals surface area (Å²) in [4.78, 5) is 4.44. The summed E-state index contributed by atoms with van der Waals surface area (Å²) >= 11 is 0. The van der Waals surface area contributed by atoms with E-state index in [2.05, 4.69) is 4.98 Å². The summed E-state index contributed by atoms with van der Waals surface area (Å²) in [6.07, 6.45) is 6.77. The summed E-state index contributed by atoms with van der Waals surface area (Å²) in [5, 5.41) is 0. The first kappa shape index (κ1) is 17.5. The lowest BCUT2D eigenvalue weighted by Crippen LogP contribution is -2.49. The van der Waals surface area contributed by atoms with Crippen LogP contribution in [0.1, 0.15) is 36.8 Å². The second-order valence-corrected chi connectivity index (χ2v) is 9.19. The van der Waals surface area contributed by atoms with Crippen LogP contribution < -0.4 is 4.74 Å². The minimum absolute atomic E-state index is 0.0197. The number of hydrogen-bond acceptors (Lipinski definition) is 4. The average Bonchev–Trinajstić information content (AvgIpc) is 2.88. The lowest BCUT2D eigenvalue weighted by Gasteiger charge is -2.38. The van der Waals surface area contributed by atoms with Gasteiger partial charge in [-0.25, -0.2) is 8.42 Å². The van der Waals surface area contributed by atoms with Crippen molar-refractivity contribution in [3.8, 4) is 5.75 Å². The summed E-state index contributed by atoms with van der Waals surface area (Å²) in [6, 6.07) is 9.30. The molecular formula is C20H24N2O3S. The zero-order chi connectivity index (χ0) is 18.3. The van der Waals surface area contributed by atoms with Gasteiger partial charge >= 0.3 is 0 Å².